The first-order valence-corrected chi connectivity index (χ1v) is 7.00. The van der Waals surface area contributed by atoms with Gasteiger partial charge in [0.1, 0.15) is 0 Å². The Labute approximate surface area is 128 Å². The van der Waals surface area contributed by atoms with Gasteiger partial charge in [-0.05, 0) is 49.7 Å². The van der Waals surface area contributed by atoms with Crippen LogP contribution in [0.4, 0.5) is 5.69 Å². The fourth-order valence-electron chi connectivity index (χ4n) is 2.25. The van der Waals surface area contributed by atoms with E-state index in [-0.39, 0.29) is 5.91 Å². The minimum atomic E-state index is -0.109. The molecule has 1 amide bonds. The molecule has 0 aliphatic heterocycles. The molecule has 3 rings (SSSR count). The van der Waals surface area contributed by atoms with Crippen LogP contribution < -0.4 is 5.32 Å². The molecule has 0 spiro atoms. The maximum atomic E-state index is 12.3. The first-order valence-electron chi connectivity index (χ1n) is 7.00. The first kappa shape index (κ1) is 14.0. The lowest BCUT2D eigenvalue weighted by Gasteiger charge is -2.09. The van der Waals surface area contributed by atoms with Crippen LogP contribution in [-0.4, -0.2) is 20.9 Å². The molecule has 110 valence electrons. The van der Waals surface area contributed by atoms with Gasteiger partial charge in [0.25, 0.3) is 5.91 Å². The summed E-state index contributed by atoms with van der Waals surface area (Å²) >= 11 is 0. The SMILES string of the molecule is Cc1ccccc1C(=O)Nc1ccc(-n2nncc2C)cc1. The van der Waals surface area contributed by atoms with Crippen LogP contribution in [0.3, 0.4) is 0 Å². The maximum Gasteiger partial charge on any atom is 0.255 e. The molecule has 0 fully saturated rings. The summed E-state index contributed by atoms with van der Waals surface area (Å²) in [5.41, 5.74) is 4.24. The molecule has 0 saturated carbocycles. The fraction of sp³-hybridized carbons (Fsp3) is 0.118. The third-order valence-corrected chi connectivity index (χ3v) is 3.48. The number of aryl methyl sites for hydroxylation is 2. The van der Waals surface area contributed by atoms with E-state index in [1.165, 1.54) is 0 Å². The summed E-state index contributed by atoms with van der Waals surface area (Å²) in [7, 11) is 0. The molecule has 0 bridgehead atoms. The minimum absolute atomic E-state index is 0.109. The summed E-state index contributed by atoms with van der Waals surface area (Å²) in [6.45, 7) is 3.86. The van der Waals surface area contributed by atoms with Gasteiger partial charge >= 0.3 is 0 Å². The number of hydrogen-bond acceptors (Lipinski definition) is 3. The molecule has 0 unspecified atom stereocenters. The highest BCUT2D eigenvalue weighted by Gasteiger charge is 2.09. The summed E-state index contributed by atoms with van der Waals surface area (Å²) in [5, 5.41) is 10.8. The van der Waals surface area contributed by atoms with E-state index in [1.54, 1.807) is 10.9 Å². The average molecular weight is 292 g/mol. The van der Waals surface area contributed by atoms with Crippen molar-refractivity contribution in [1.29, 1.82) is 0 Å². The van der Waals surface area contributed by atoms with E-state index >= 15 is 0 Å². The highest BCUT2D eigenvalue weighted by molar-refractivity contribution is 6.05. The van der Waals surface area contributed by atoms with E-state index in [1.807, 2.05) is 62.4 Å². The van der Waals surface area contributed by atoms with Gasteiger partial charge in [0.2, 0.25) is 0 Å². The molecule has 1 heterocycles. The molecule has 1 aromatic heterocycles. The molecule has 2 aromatic carbocycles. The van der Waals surface area contributed by atoms with E-state index in [4.69, 9.17) is 0 Å². The van der Waals surface area contributed by atoms with E-state index in [9.17, 15) is 4.79 Å². The molecule has 22 heavy (non-hydrogen) atoms. The van der Waals surface area contributed by atoms with Gasteiger partial charge in [-0.15, -0.1) is 5.10 Å². The monoisotopic (exact) mass is 292 g/mol. The summed E-state index contributed by atoms with van der Waals surface area (Å²) in [6, 6.07) is 15.0. The van der Waals surface area contributed by atoms with Crippen LogP contribution in [0.2, 0.25) is 0 Å². The Kier molecular flexibility index (Phi) is 3.70. The van der Waals surface area contributed by atoms with Crippen molar-refractivity contribution in [1.82, 2.24) is 15.0 Å². The number of carbonyl (C=O) groups excluding carboxylic acids is 1. The van der Waals surface area contributed by atoms with Crippen molar-refractivity contribution >= 4 is 11.6 Å². The number of rotatable bonds is 3. The zero-order chi connectivity index (χ0) is 15.5. The predicted octanol–water partition coefficient (Wildman–Crippen LogP) is 3.14. The van der Waals surface area contributed by atoms with Crippen LogP contribution in [0.25, 0.3) is 5.69 Å². The number of nitrogens with zero attached hydrogens (tertiary/aromatic N) is 3. The molecule has 5 nitrogen and oxygen atoms in total. The topological polar surface area (TPSA) is 59.8 Å². The highest BCUT2D eigenvalue weighted by Crippen LogP contribution is 2.16. The lowest BCUT2D eigenvalue weighted by atomic mass is 10.1. The largest absolute Gasteiger partial charge is 0.322 e. The quantitative estimate of drug-likeness (QED) is 0.806. The molecule has 3 aromatic rings. The van der Waals surface area contributed by atoms with Gasteiger partial charge in [-0.1, -0.05) is 23.4 Å². The summed E-state index contributed by atoms with van der Waals surface area (Å²) in [4.78, 5) is 12.3. The summed E-state index contributed by atoms with van der Waals surface area (Å²) in [5.74, 6) is -0.109. The molecular formula is C17H16N4O. The minimum Gasteiger partial charge on any atom is -0.322 e. The number of amides is 1. The number of nitrogens with one attached hydrogen (secondary N) is 1. The second-order valence-electron chi connectivity index (χ2n) is 5.10. The Bertz CT molecular complexity index is 806. The highest BCUT2D eigenvalue weighted by atomic mass is 16.1. The zero-order valence-corrected chi connectivity index (χ0v) is 12.4. The Hall–Kier alpha value is -2.95. The van der Waals surface area contributed by atoms with E-state index < -0.39 is 0 Å². The van der Waals surface area contributed by atoms with Crippen molar-refractivity contribution in [2.24, 2.45) is 0 Å². The molecule has 0 radical (unpaired) electrons. The molecule has 0 atom stereocenters. The van der Waals surface area contributed by atoms with Crippen LogP contribution in [0.15, 0.2) is 54.7 Å². The molecule has 5 heteroatoms. The van der Waals surface area contributed by atoms with Gasteiger partial charge in [-0.2, -0.15) is 0 Å². The third-order valence-electron chi connectivity index (χ3n) is 3.48. The van der Waals surface area contributed by atoms with Crippen LogP contribution in [0, 0.1) is 13.8 Å². The van der Waals surface area contributed by atoms with Crippen molar-refractivity contribution < 1.29 is 4.79 Å². The van der Waals surface area contributed by atoms with Crippen molar-refractivity contribution in [3.8, 4) is 5.69 Å². The normalized spacial score (nSPS) is 10.5. The number of aromatic nitrogens is 3. The summed E-state index contributed by atoms with van der Waals surface area (Å²) < 4.78 is 1.74. The number of carbonyl (C=O) groups is 1. The second-order valence-corrected chi connectivity index (χ2v) is 5.10. The van der Waals surface area contributed by atoms with Crippen LogP contribution >= 0.6 is 0 Å². The Morgan fingerprint density at radius 1 is 1.05 bits per heavy atom. The lowest BCUT2D eigenvalue weighted by molar-refractivity contribution is 0.102. The van der Waals surface area contributed by atoms with E-state index in [0.29, 0.717) is 5.56 Å². The maximum absolute atomic E-state index is 12.3. The predicted molar refractivity (Wildman–Crippen MR) is 85.2 cm³/mol. The Morgan fingerprint density at radius 2 is 1.77 bits per heavy atom. The van der Waals surface area contributed by atoms with Gasteiger partial charge < -0.3 is 5.32 Å². The average Bonchev–Trinajstić information content (AvgIpc) is 2.94. The van der Waals surface area contributed by atoms with Crippen molar-refractivity contribution in [3.63, 3.8) is 0 Å². The molecule has 0 saturated heterocycles. The van der Waals surface area contributed by atoms with Crippen molar-refractivity contribution in [3.05, 3.63) is 71.5 Å². The Morgan fingerprint density at radius 3 is 2.41 bits per heavy atom. The fourth-order valence-corrected chi connectivity index (χ4v) is 2.25. The molecule has 0 aliphatic rings. The first-order chi connectivity index (χ1) is 10.6. The van der Waals surface area contributed by atoms with Gasteiger partial charge in [0.05, 0.1) is 17.6 Å². The molecular weight excluding hydrogens is 276 g/mol. The van der Waals surface area contributed by atoms with Gasteiger partial charge in [0.15, 0.2) is 0 Å². The lowest BCUT2D eigenvalue weighted by Crippen LogP contribution is -2.13. The van der Waals surface area contributed by atoms with Crippen molar-refractivity contribution in [2.75, 3.05) is 5.32 Å². The molecule has 1 N–H and O–H groups in total. The Balaban J connectivity index is 1.78. The second kappa shape index (κ2) is 5.81. The van der Waals surface area contributed by atoms with Crippen LogP contribution in [0.1, 0.15) is 21.6 Å². The van der Waals surface area contributed by atoms with Crippen LogP contribution in [0.5, 0.6) is 0 Å². The third kappa shape index (κ3) is 2.74. The number of benzene rings is 2. The van der Waals surface area contributed by atoms with E-state index in [0.717, 1.165) is 22.6 Å². The van der Waals surface area contributed by atoms with Crippen molar-refractivity contribution in [2.45, 2.75) is 13.8 Å². The van der Waals surface area contributed by atoms with Crippen LogP contribution in [-0.2, 0) is 0 Å². The summed E-state index contributed by atoms with van der Waals surface area (Å²) in [6.07, 6.45) is 1.70. The zero-order valence-electron chi connectivity index (χ0n) is 12.4. The number of hydrogen-bond donors (Lipinski definition) is 1. The van der Waals surface area contributed by atoms with Gasteiger partial charge in [-0.25, -0.2) is 4.68 Å². The van der Waals surface area contributed by atoms with Gasteiger partial charge in [-0.3, -0.25) is 4.79 Å². The van der Waals surface area contributed by atoms with E-state index in [2.05, 4.69) is 15.6 Å². The standard InChI is InChI=1S/C17H16N4O/c1-12-5-3-4-6-16(12)17(22)19-14-7-9-15(10-8-14)21-13(2)11-18-20-21/h3-11H,1-2H3,(H,19,22). The number of anilines is 1. The smallest absolute Gasteiger partial charge is 0.255 e. The molecule has 0 aliphatic carbocycles. The van der Waals surface area contributed by atoms with Gasteiger partial charge in [0, 0.05) is 11.3 Å².